The van der Waals surface area contributed by atoms with E-state index in [1.54, 1.807) is 12.1 Å². The van der Waals surface area contributed by atoms with E-state index in [1.807, 2.05) is 63.9 Å². The fourth-order valence-electron chi connectivity index (χ4n) is 5.70. The van der Waals surface area contributed by atoms with Crippen LogP contribution in [0.2, 0.25) is 0 Å². The lowest BCUT2D eigenvalue weighted by atomic mass is 9.77. The summed E-state index contributed by atoms with van der Waals surface area (Å²) in [4.78, 5) is 41.2. The summed E-state index contributed by atoms with van der Waals surface area (Å²) in [5.74, 6) is 0.452. The van der Waals surface area contributed by atoms with Gasteiger partial charge in [0.1, 0.15) is 11.4 Å². The number of carbonyl (C=O) groups is 3. The number of piperidine rings is 1. The highest BCUT2D eigenvalue weighted by Crippen LogP contribution is 2.41. The van der Waals surface area contributed by atoms with Gasteiger partial charge < -0.3 is 19.1 Å². The minimum Gasteiger partial charge on any atom is -0.427 e. The standard InChI is InChI=1S/C29H33N3O4/c1-21(33)36-24-10-7-22(8-11-24)9-12-27(34)32-18-15-29(20-32)13-16-31(17-14-29)28(35)26-19-23-5-3-4-6-25(23)30(26)2/h3-8,10-11,19H,9,12-18,20H2,1-2H3. The molecule has 3 aromatic rings. The van der Waals surface area contributed by atoms with E-state index in [0.29, 0.717) is 18.6 Å². The number of benzene rings is 2. The highest BCUT2D eigenvalue weighted by Gasteiger charge is 2.42. The molecule has 2 aliphatic heterocycles. The molecule has 0 atom stereocenters. The van der Waals surface area contributed by atoms with E-state index in [4.69, 9.17) is 4.74 Å². The lowest BCUT2D eigenvalue weighted by molar-refractivity contribution is -0.132. The van der Waals surface area contributed by atoms with Crippen LogP contribution in [0.4, 0.5) is 0 Å². The van der Waals surface area contributed by atoms with Crippen LogP contribution in [0.15, 0.2) is 54.6 Å². The van der Waals surface area contributed by atoms with E-state index in [2.05, 4.69) is 0 Å². The van der Waals surface area contributed by atoms with Crippen LogP contribution in [-0.2, 0) is 23.1 Å². The number of esters is 1. The third-order valence-electron chi connectivity index (χ3n) is 7.89. The molecule has 2 aliphatic rings. The number of aromatic nitrogens is 1. The normalized spacial score (nSPS) is 17.1. The Bertz CT molecular complexity index is 1290. The van der Waals surface area contributed by atoms with Gasteiger partial charge in [-0.1, -0.05) is 30.3 Å². The number of hydrogen-bond donors (Lipinski definition) is 0. The average molecular weight is 488 g/mol. The first-order valence-corrected chi connectivity index (χ1v) is 12.7. The summed E-state index contributed by atoms with van der Waals surface area (Å²) in [5.41, 5.74) is 2.97. The Labute approximate surface area is 211 Å². The van der Waals surface area contributed by atoms with Gasteiger partial charge in [0.05, 0.1) is 0 Å². The monoisotopic (exact) mass is 487 g/mol. The van der Waals surface area contributed by atoms with Crippen molar-refractivity contribution in [2.75, 3.05) is 26.2 Å². The zero-order chi connectivity index (χ0) is 25.3. The largest absolute Gasteiger partial charge is 0.427 e. The molecule has 2 aromatic carbocycles. The average Bonchev–Trinajstić information content (AvgIpc) is 3.45. The molecule has 2 amide bonds. The van der Waals surface area contributed by atoms with Gasteiger partial charge in [-0.15, -0.1) is 0 Å². The number of hydrogen-bond acceptors (Lipinski definition) is 4. The molecule has 2 fully saturated rings. The Hall–Kier alpha value is -3.61. The number of para-hydroxylation sites is 1. The molecule has 1 aromatic heterocycles. The molecule has 5 rings (SSSR count). The van der Waals surface area contributed by atoms with Gasteiger partial charge in [-0.05, 0) is 60.9 Å². The summed E-state index contributed by atoms with van der Waals surface area (Å²) in [6, 6.07) is 17.4. The van der Waals surface area contributed by atoms with Crippen molar-refractivity contribution >= 4 is 28.7 Å². The lowest BCUT2D eigenvalue weighted by Crippen LogP contribution is -2.45. The topological polar surface area (TPSA) is 71.9 Å². The van der Waals surface area contributed by atoms with Crippen molar-refractivity contribution in [3.05, 3.63) is 65.9 Å². The van der Waals surface area contributed by atoms with Crippen LogP contribution in [0, 0.1) is 5.41 Å². The minimum atomic E-state index is -0.343. The number of fused-ring (bicyclic) bond motifs is 1. The molecule has 1 spiro atoms. The van der Waals surface area contributed by atoms with Gasteiger partial charge in [0, 0.05) is 57.5 Å². The van der Waals surface area contributed by atoms with Crippen molar-refractivity contribution in [2.45, 2.75) is 39.0 Å². The Morgan fingerprint density at radius 3 is 2.25 bits per heavy atom. The van der Waals surface area contributed by atoms with Crippen molar-refractivity contribution < 1.29 is 19.1 Å². The molecular weight excluding hydrogens is 454 g/mol. The summed E-state index contributed by atoms with van der Waals surface area (Å²) in [6.07, 6.45) is 4.00. The van der Waals surface area contributed by atoms with E-state index in [0.717, 1.165) is 67.6 Å². The van der Waals surface area contributed by atoms with Crippen LogP contribution in [0.3, 0.4) is 0 Å². The van der Waals surface area contributed by atoms with Crippen molar-refractivity contribution in [1.82, 2.24) is 14.4 Å². The van der Waals surface area contributed by atoms with Gasteiger partial charge in [0.15, 0.2) is 0 Å². The molecule has 0 saturated carbocycles. The SMILES string of the molecule is CC(=O)Oc1ccc(CCC(=O)N2CCC3(CCN(C(=O)c4cc5ccccc5n4C)CC3)C2)cc1. The summed E-state index contributed by atoms with van der Waals surface area (Å²) in [7, 11) is 1.95. The van der Waals surface area contributed by atoms with E-state index >= 15 is 0 Å². The van der Waals surface area contributed by atoms with Crippen molar-refractivity contribution in [3.8, 4) is 5.75 Å². The number of ether oxygens (including phenoxy) is 1. The maximum absolute atomic E-state index is 13.3. The van der Waals surface area contributed by atoms with Crippen LogP contribution >= 0.6 is 0 Å². The lowest BCUT2D eigenvalue weighted by Gasteiger charge is -2.39. The van der Waals surface area contributed by atoms with Crippen molar-refractivity contribution in [2.24, 2.45) is 12.5 Å². The van der Waals surface area contributed by atoms with Crippen LogP contribution in [0.5, 0.6) is 5.75 Å². The molecule has 7 heteroatoms. The smallest absolute Gasteiger partial charge is 0.308 e. The summed E-state index contributed by atoms with van der Waals surface area (Å²) >= 11 is 0. The predicted molar refractivity (Wildman–Crippen MR) is 138 cm³/mol. The second kappa shape index (κ2) is 9.80. The number of nitrogens with zero attached hydrogens (tertiary/aromatic N) is 3. The Balaban J connectivity index is 1.13. The second-order valence-corrected chi connectivity index (χ2v) is 10.2. The number of aryl methyl sites for hydroxylation is 2. The number of amides is 2. The maximum Gasteiger partial charge on any atom is 0.308 e. The number of rotatable bonds is 5. The molecule has 0 N–H and O–H groups in total. The molecule has 0 radical (unpaired) electrons. The van der Waals surface area contributed by atoms with Crippen molar-refractivity contribution in [1.29, 1.82) is 0 Å². The fourth-order valence-corrected chi connectivity index (χ4v) is 5.70. The van der Waals surface area contributed by atoms with E-state index in [1.165, 1.54) is 6.92 Å². The third-order valence-corrected chi connectivity index (χ3v) is 7.89. The minimum absolute atomic E-state index is 0.0919. The van der Waals surface area contributed by atoms with E-state index < -0.39 is 0 Å². The maximum atomic E-state index is 13.3. The van der Waals surface area contributed by atoms with Crippen LogP contribution in [-0.4, -0.2) is 58.3 Å². The quantitative estimate of drug-likeness (QED) is 0.400. The highest BCUT2D eigenvalue weighted by atomic mass is 16.5. The van der Waals surface area contributed by atoms with Crippen LogP contribution in [0.1, 0.15) is 48.7 Å². The van der Waals surface area contributed by atoms with Gasteiger partial charge in [0.2, 0.25) is 5.91 Å². The van der Waals surface area contributed by atoms with E-state index in [9.17, 15) is 14.4 Å². The van der Waals surface area contributed by atoms with Crippen molar-refractivity contribution in [3.63, 3.8) is 0 Å². The summed E-state index contributed by atoms with van der Waals surface area (Å²) in [5, 5.41) is 1.09. The zero-order valence-corrected chi connectivity index (χ0v) is 21.0. The molecule has 188 valence electrons. The predicted octanol–water partition coefficient (Wildman–Crippen LogP) is 4.19. The fraction of sp³-hybridized carbons (Fsp3) is 0.414. The molecule has 0 aliphatic carbocycles. The Morgan fingerprint density at radius 2 is 1.58 bits per heavy atom. The van der Waals surface area contributed by atoms with Crippen LogP contribution < -0.4 is 4.74 Å². The summed E-state index contributed by atoms with van der Waals surface area (Å²) < 4.78 is 7.05. The van der Waals surface area contributed by atoms with Gasteiger partial charge >= 0.3 is 5.97 Å². The molecule has 36 heavy (non-hydrogen) atoms. The van der Waals surface area contributed by atoms with Gasteiger partial charge in [0.25, 0.3) is 5.91 Å². The third kappa shape index (κ3) is 4.87. The zero-order valence-electron chi connectivity index (χ0n) is 21.0. The summed E-state index contributed by atoms with van der Waals surface area (Å²) in [6.45, 7) is 4.42. The van der Waals surface area contributed by atoms with Gasteiger partial charge in [-0.3, -0.25) is 14.4 Å². The molecular formula is C29H33N3O4. The first-order chi connectivity index (χ1) is 17.3. The number of carbonyl (C=O) groups excluding carboxylic acids is 3. The molecule has 0 unspecified atom stereocenters. The highest BCUT2D eigenvalue weighted by molar-refractivity contribution is 5.98. The first kappa shape index (κ1) is 24.1. The first-order valence-electron chi connectivity index (χ1n) is 12.7. The van der Waals surface area contributed by atoms with Crippen LogP contribution in [0.25, 0.3) is 10.9 Å². The molecule has 3 heterocycles. The second-order valence-electron chi connectivity index (χ2n) is 10.2. The van der Waals surface area contributed by atoms with E-state index in [-0.39, 0.29) is 23.2 Å². The molecule has 0 bridgehead atoms. The molecule has 2 saturated heterocycles. The Morgan fingerprint density at radius 1 is 0.917 bits per heavy atom. The van der Waals surface area contributed by atoms with Gasteiger partial charge in [-0.25, -0.2) is 0 Å². The Kier molecular flexibility index (Phi) is 6.56. The molecule has 7 nitrogen and oxygen atoms in total. The number of likely N-dealkylation sites (tertiary alicyclic amines) is 2. The van der Waals surface area contributed by atoms with Gasteiger partial charge in [-0.2, -0.15) is 0 Å².